The summed E-state index contributed by atoms with van der Waals surface area (Å²) in [5.41, 5.74) is 3.70. The molecule has 1 amide bonds. The second-order valence-corrected chi connectivity index (χ2v) is 6.78. The van der Waals surface area contributed by atoms with Gasteiger partial charge in [0.05, 0.1) is 23.7 Å². The maximum absolute atomic E-state index is 12.4. The normalized spacial score (nSPS) is 12.0. The van der Waals surface area contributed by atoms with Crippen LogP contribution in [0.15, 0.2) is 22.7 Å². The minimum atomic E-state index is -0.200. The van der Waals surface area contributed by atoms with Crippen molar-refractivity contribution in [3.63, 3.8) is 0 Å². The van der Waals surface area contributed by atoms with Crippen molar-refractivity contribution in [3.05, 3.63) is 40.8 Å². The summed E-state index contributed by atoms with van der Waals surface area (Å²) in [6.45, 7) is 7.66. The number of aromatic nitrogens is 1. The number of rotatable bonds is 6. The van der Waals surface area contributed by atoms with Crippen LogP contribution in [0.2, 0.25) is 0 Å². The van der Waals surface area contributed by atoms with Crippen LogP contribution in [0.1, 0.15) is 29.5 Å². The van der Waals surface area contributed by atoms with E-state index < -0.39 is 0 Å². The number of carbonyl (C=O) groups is 1. The third kappa shape index (κ3) is 4.28. The van der Waals surface area contributed by atoms with E-state index in [2.05, 4.69) is 10.5 Å². The summed E-state index contributed by atoms with van der Waals surface area (Å²) in [7, 11) is 1.59. The van der Waals surface area contributed by atoms with Gasteiger partial charge in [-0.25, -0.2) is 0 Å². The smallest absolute Gasteiger partial charge is 0.237 e. The molecule has 0 radical (unpaired) electrons. The van der Waals surface area contributed by atoms with E-state index in [0.717, 1.165) is 22.6 Å². The maximum Gasteiger partial charge on any atom is 0.237 e. The van der Waals surface area contributed by atoms with Crippen molar-refractivity contribution in [2.24, 2.45) is 0 Å². The summed E-state index contributed by atoms with van der Waals surface area (Å²) >= 11 is 1.55. The fourth-order valence-electron chi connectivity index (χ4n) is 2.15. The van der Waals surface area contributed by atoms with Crippen molar-refractivity contribution < 1.29 is 14.1 Å². The quantitative estimate of drug-likeness (QED) is 0.869. The summed E-state index contributed by atoms with van der Waals surface area (Å²) in [5, 5.41) is 6.67. The standard InChI is InChI=1S/C17H22N2O3S/c1-10-6-7-16(21-5)15(8-10)18-17(20)13(4)23-9-14-11(2)19-22-12(14)3/h6-8,13H,9H2,1-5H3,(H,18,20)/t13-/m0/s1. The topological polar surface area (TPSA) is 64.4 Å². The molecule has 0 saturated carbocycles. The Labute approximate surface area is 140 Å². The molecule has 1 aromatic heterocycles. The average molecular weight is 334 g/mol. The first-order valence-electron chi connectivity index (χ1n) is 7.41. The van der Waals surface area contributed by atoms with Gasteiger partial charge in [-0.2, -0.15) is 0 Å². The molecule has 1 aromatic carbocycles. The maximum atomic E-state index is 12.4. The number of nitrogens with one attached hydrogen (secondary N) is 1. The van der Waals surface area contributed by atoms with E-state index in [1.54, 1.807) is 18.9 Å². The highest BCUT2D eigenvalue weighted by molar-refractivity contribution is 7.99. The van der Waals surface area contributed by atoms with Crippen LogP contribution in [0.4, 0.5) is 5.69 Å². The number of anilines is 1. The van der Waals surface area contributed by atoms with E-state index in [4.69, 9.17) is 9.26 Å². The molecule has 0 aliphatic heterocycles. The van der Waals surface area contributed by atoms with E-state index in [-0.39, 0.29) is 11.2 Å². The molecule has 2 aromatic rings. The van der Waals surface area contributed by atoms with Crippen molar-refractivity contribution in [3.8, 4) is 5.75 Å². The zero-order valence-corrected chi connectivity index (χ0v) is 14.9. The Balaban J connectivity index is 1.99. The molecule has 6 heteroatoms. The third-order valence-electron chi connectivity index (χ3n) is 3.64. The highest BCUT2D eigenvalue weighted by atomic mass is 32.2. The number of benzene rings is 1. The minimum Gasteiger partial charge on any atom is -0.495 e. The molecule has 0 aliphatic rings. The van der Waals surface area contributed by atoms with Crippen LogP contribution in [0.3, 0.4) is 0 Å². The molecule has 1 N–H and O–H groups in total. The molecule has 23 heavy (non-hydrogen) atoms. The number of thioether (sulfide) groups is 1. The Morgan fingerprint density at radius 1 is 1.39 bits per heavy atom. The number of hydrogen-bond donors (Lipinski definition) is 1. The molecule has 2 rings (SSSR count). The molecule has 5 nitrogen and oxygen atoms in total. The molecule has 0 unspecified atom stereocenters. The van der Waals surface area contributed by atoms with Gasteiger partial charge in [0.2, 0.25) is 5.91 Å². The second kappa shape index (κ2) is 7.55. The first-order valence-corrected chi connectivity index (χ1v) is 8.46. The highest BCUT2D eigenvalue weighted by Crippen LogP contribution is 2.27. The highest BCUT2D eigenvalue weighted by Gasteiger charge is 2.18. The summed E-state index contributed by atoms with van der Waals surface area (Å²) in [6.07, 6.45) is 0. The van der Waals surface area contributed by atoms with E-state index >= 15 is 0 Å². The first-order chi connectivity index (χ1) is 10.9. The van der Waals surface area contributed by atoms with Gasteiger partial charge >= 0.3 is 0 Å². The van der Waals surface area contributed by atoms with Gasteiger partial charge in [0, 0.05) is 11.3 Å². The number of amides is 1. The molecular weight excluding hydrogens is 312 g/mol. The molecule has 1 atom stereocenters. The fraction of sp³-hybridized carbons (Fsp3) is 0.412. The molecule has 0 fully saturated rings. The lowest BCUT2D eigenvalue weighted by atomic mass is 10.2. The van der Waals surface area contributed by atoms with Crippen LogP contribution < -0.4 is 10.1 Å². The summed E-state index contributed by atoms with van der Waals surface area (Å²) in [6, 6.07) is 5.71. The average Bonchev–Trinajstić information content (AvgIpc) is 2.84. The van der Waals surface area contributed by atoms with Crippen LogP contribution >= 0.6 is 11.8 Å². The zero-order chi connectivity index (χ0) is 17.0. The van der Waals surface area contributed by atoms with Crippen molar-refractivity contribution in [1.82, 2.24) is 5.16 Å². The molecule has 0 aliphatic carbocycles. The van der Waals surface area contributed by atoms with Gasteiger partial charge in [-0.05, 0) is 45.4 Å². The van der Waals surface area contributed by atoms with Gasteiger partial charge < -0.3 is 14.6 Å². The van der Waals surface area contributed by atoms with E-state index in [0.29, 0.717) is 17.2 Å². The number of aryl methyl sites for hydroxylation is 3. The Morgan fingerprint density at radius 3 is 2.74 bits per heavy atom. The molecule has 0 spiro atoms. The summed E-state index contributed by atoms with van der Waals surface area (Å²) < 4.78 is 10.4. The Kier molecular flexibility index (Phi) is 5.71. The number of hydrogen-bond acceptors (Lipinski definition) is 5. The summed E-state index contributed by atoms with van der Waals surface area (Å²) in [4.78, 5) is 12.4. The largest absolute Gasteiger partial charge is 0.495 e. The van der Waals surface area contributed by atoms with E-state index in [9.17, 15) is 4.79 Å². The van der Waals surface area contributed by atoms with Crippen molar-refractivity contribution in [2.45, 2.75) is 38.7 Å². The van der Waals surface area contributed by atoms with Crippen LogP contribution in [-0.2, 0) is 10.5 Å². The van der Waals surface area contributed by atoms with Gasteiger partial charge in [-0.15, -0.1) is 11.8 Å². The van der Waals surface area contributed by atoms with Crippen LogP contribution in [0.5, 0.6) is 5.75 Å². The number of carbonyl (C=O) groups excluding carboxylic acids is 1. The van der Waals surface area contributed by atoms with Crippen LogP contribution in [0.25, 0.3) is 0 Å². The SMILES string of the molecule is COc1ccc(C)cc1NC(=O)[C@H](C)SCc1c(C)noc1C. The Hall–Kier alpha value is -1.95. The lowest BCUT2D eigenvalue weighted by Gasteiger charge is -2.14. The van der Waals surface area contributed by atoms with E-state index in [1.807, 2.05) is 45.9 Å². The molecule has 0 bridgehead atoms. The van der Waals surface area contributed by atoms with Gasteiger partial charge in [0.1, 0.15) is 11.5 Å². The van der Waals surface area contributed by atoms with Gasteiger partial charge in [-0.3, -0.25) is 4.79 Å². The molecular formula is C17H22N2O3S. The van der Waals surface area contributed by atoms with Crippen LogP contribution in [-0.4, -0.2) is 23.4 Å². The first kappa shape index (κ1) is 17.4. The molecule has 124 valence electrons. The number of ether oxygens (including phenoxy) is 1. The molecule has 0 saturated heterocycles. The predicted octanol–water partition coefficient (Wildman–Crippen LogP) is 3.87. The third-order valence-corrected chi connectivity index (χ3v) is 4.81. The monoisotopic (exact) mass is 334 g/mol. The lowest BCUT2D eigenvalue weighted by Crippen LogP contribution is -2.23. The van der Waals surface area contributed by atoms with Crippen molar-refractivity contribution in [2.75, 3.05) is 12.4 Å². The fourth-order valence-corrected chi connectivity index (χ4v) is 3.18. The summed E-state index contributed by atoms with van der Waals surface area (Å²) in [5.74, 6) is 2.11. The minimum absolute atomic E-state index is 0.0503. The van der Waals surface area contributed by atoms with Crippen LogP contribution in [0, 0.1) is 20.8 Å². The van der Waals surface area contributed by atoms with E-state index in [1.165, 1.54) is 0 Å². The Morgan fingerprint density at radius 2 is 2.13 bits per heavy atom. The van der Waals surface area contributed by atoms with Gasteiger partial charge in [-0.1, -0.05) is 11.2 Å². The van der Waals surface area contributed by atoms with Gasteiger partial charge in [0.15, 0.2) is 0 Å². The van der Waals surface area contributed by atoms with Crippen molar-refractivity contribution >= 4 is 23.4 Å². The van der Waals surface area contributed by atoms with Crippen molar-refractivity contribution in [1.29, 1.82) is 0 Å². The second-order valence-electron chi connectivity index (χ2n) is 5.45. The number of nitrogens with zero attached hydrogens (tertiary/aromatic N) is 1. The predicted molar refractivity (Wildman–Crippen MR) is 93.1 cm³/mol. The number of methoxy groups -OCH3 is 1. The van der Waals surface area contributed by atoms with Gasteiger partial charge in [0.25, 0.3) is 0 Å². The zero-order valence-electron chi connectivity index (χ0n) is 14.1. The molecule has 1 heterocycles. The Bertz CT molecular complexity index is 678. The lowest BCUT2D eigenvalue weighted by molar-refractivity contribution is -0.115.